The van der Waals surface area contributed by atoms with Crippen LogP contribution >= 0.6 is 0 Å². The normalized spacial score (nSPS) is 20.0. The number of nitrogens with one attached hydrogen (secondary N) is 2. The van der Waals surface area contributed by atoms with E-state index in [1.54, 1.807) is 0 Å². The molecule has 6 nitrogen and oxygen atoms in total. The Hall–Kier alpha value is -3.50. The van der Waals surface area contributed by atoms with Crippen LogP contribution in [0.15, 0.2) is 42.5 Å². The minimum atomic E-state index is -0.445. The lowest BCUT2D eigenvalue weighted by Crippen LogP contribution is -2.37. The molecule has 2 aliphatic rings. The fourth-order valence-corrected chi connectivity index (χ4v) is 5.39. The number of anilines is 1. The van der Waals surface area contributed by atoms with Gasteiger partial charge >= 0.3 is 0 Å². The predicted octanol–water partition coefficient (Wildman–Crippen LogP) is 4.83. The van der Waals surface area contributed by atoms with Crippen molar-refractivity contribution in [2.45, 2.75) is 57.9 Å². The lowest BCUT2D eigenvalue weighted by molar-refractivity contribution is -0.117. The number of halogens is 1. The number of fused-ring (bicyclic) bond motifs is 1. The number of benzene rings is 2. The summed E-state index contributed by atoms with van der Waals surface area (Å²) >= 11 is 0. The summed E-state index contributed by atoms with van der Waals surface area (Å²) in [5, 5.41) is 14.8. The molecule has 0 saturated heterocycles. The Morgan fingerprint density at radius 1 is 1.08 bits per heavy atom. The summed E-state index contributed by atoms with van der Waals surface area (Å²) < 4.78 is 14.1. The first-order valence-corrected chi connectivity index (χ1v) is 13.2. The highest BCUT2D eigenvalue weighted by Gasteiger charge is 2.23. The number of hydrogen-bond acceptors (Lipinski definition) is 4. The lowest BCUT2D eigenvalue weighted by atomic mass is 9.84. The van der Waals surface area contributed by atoms with Crippen molar-refractivity contribution < 1.29 is 14.0 Å². The highest BCUT2D eigenvalue weighted by atomic mass is 19.1. The van der Waals surface area contributed by atoms with Crippen molar-refractivity contribution in [2.75, 3.05) is 25.0 Å². The molecule has 4 rings (SSSR count). The second-order valence-electron chi connectivity index (χ2n) is 10.2. The largest absolute Gasteiger partial charge is 0.350 e. The van der Waals surface area contributed by atoms with E-state index in [1.165, 1.54) is 54.8 Å². The smallest absolute Gasteiger partial charge is 0.244 e. The second-order valence-corrected chi connectivity index (χ2v) is 10.2. The molecule has 0 radical (unpaired) electrons. The van der Waals surface area contributed by atoms with Crippen molar-refractivity contribution in [1.82, 2.24) is 10.2 Å². The van der Waals surface area contributed by atoms with E-state index in [9.17, 15) is 14.0 Å². The first-order chi connectivity index (χ1) is 17.9. The molecule has 0 atom stereocenters. The monoisotopic (exact) mass is 502 g/mol. The van der Waals surface area contributed by atoms with Crippen LogP contribution in [0.3, 0.4) is 0 Å². The third kappa shape index (κ3) is 7.74. The molecular formula is C30H35FN4O2. The van der Waals surface area contributed by atoms with Gasteiger partial charge in [0.1, 0.15) is 5.82 Å². The average molecular weight is 503 g/mol. The zero-order valence-corrected chi connectivity index (χ0v) is 21.4. The van der Waals surface area contributed by atoms with E-state index in [1.807, 2.05) is 12.1 Å². The van der Waals surface area contributed by atoms with Gasteiger partial charge in [-0.25, -0.2) is 4.39 Å². The Morgan fingerprint density at radius 2 is 1.84 bits per heavy atom. The van der Waals surface area contributed by atoms with Gasteiger partial charge in [-0.1, -0.05) is 6.07 Å². The van der Waals surface area contributed by atoms with E-state index in [-0.39, 0.29) is 23.4 Å². The predicted molar refractivity (Wildman–Crippen MR) is 143 cm³/mol. The molecule has 1 aliphatic carbocycles. The highest BCUT2D eigenvalue weighted by molar-refractivity contribution is 5.92. The van der Waals surface area contributed by atoms with Gasteiger partial charge in [0.2, 0.25) is 11.8 Å². The van der Waals surface area contributed by atoms with Crippen molar-refractivity contribution in [2.24, 2.45) is 5.92 Å². The number of rotatable bonds is 7. The van der Waals surface area contributed by atoms with Gasteiger partial charge in [-0.15, -0.1) is 0 Å². The molecule has 2 N–H and O–H groups in total. The fraction of sp³-hybridized carbons (Fsp3) is 0.433. The molecule has 194 valence electrons. The lowest BCUT2D eigenvalue weighted by Gasteiger charge is -2.30. The van der Waals surface area contributed by atoms with Crippen LogP contribution in [-0.4, -0.2) is 42.4 Å². The summed E-state index contributed by atoms with van der Waals surface area (Å²) in [5.41, 5.74) is 4.18. The van der Waals surface area contributed by atoms with Crippen molar-refractivity contribution in [3.63, 3.8) is 0 Å². The van der Waals surface area contributed by atoms with Gasteiger partial charge in [0.05, 0.1) is 11.6 Å². The van der Waals surface area contributed by atoms with E-state index in [4.69, 9.17) is 5.26 Å². The van der Waals surface area contributed by atoms with Crippen LogP contribution in [0, 0.1) is 23.1 Å². The van der Waals surface area contributed by atoms with Gasteiger partial charge in [0.25, 0.3) is 0 Å². The van der Waals surface area contributed by atoms with Crippen LogP contribution in [0.25, 0.3) is 6.08 Å². The van der Waals surface area contributed by atoms with Crippen LogP contribution in [0.5, 0.6) is 0 Å². The Balaban J connectivity index is 1.18. The van der Waals surface area contributed by atoms with Crippen LogP contribution in [0.2, 0.25) is 0 Å². The number of nitrogens with zero attached hydrogens (tertiary/aromatic N) is 2. The first kappa shape index (κ1) is 26.6. The molecular weight excluding hydrogens is 467 g/mol. The highest BCUT2D eigenvalue weighted by Crippen LogP contribution is 2.28. The molecule has 2 aromatic carbocycles. The van der Waals surface area contributed by atoms with Crippen LogP contribution in [-0.2, 0) is 22.4 Å². The molecule has 7 heteroatoms. The third-order valence-electron chi connectivity index (χ3n) is 7.51. The van der Waals surface area contributed by atoms with Gasteiger partial charge in [0.15, 0.2) is 0 Å². The summed E-state index contributed by atoms with van der Waals surface area (Å²) in [4.78, 5) is 26.2. The van der Waals surface area contributed by atoms with Crippen molar-refractivity contribution in [3.05, 3.63) is 70.5 Å². The quantitative estimate of drug-likeness (QED) is 0.531. The van der Waals surface area contributed by atoms with Crippen molar-refractivity contribution in [1.29, 1.82) is 5.26 Å². The number of carbonyl (C=O) groups is 2. The molecule has 0 aromatic heterocycles. The maximum Gasteiger partial charge on any atom is 0.244 e. The zero-order valence-electron chi connectivity index (χ0n) is 21.4. The molecule has 2 amide bonds. The summed E-state index contributed by atoms with van der Waals surface area (Å²) in [6, 6.07) is 12.7. The number of hydrogen-bond donors (Lipinski definition) is 2. The Bertz CT molecular complexity index is 1190. The molecule has 2 aromatic rings. The summed E-state index contributed by atoms with van der Waals surface area (Å²) in [7, 11) is 0. The Morgan fingerprint density at radius 3 is 2.57 bits per heavy atom. The number of carbonyl (C=O) groups excluding carboxylic acids is 2. The van der Waals surface area contributed by atoms with Crippen molar-refractivity contribution >= 4 is 23.6 Å². The van der Waals surface area contributed by atoms with Crippen LogP contribution < -0.4 is 10.6 Å². The van der Waals surface area contributed by atoms with Crippen LogP contribution in [0.1, 0.15) is 61.3 Å². The van der Waals surface area contributed by atoms with Gasteiger partial charge in [-0.05, 0) is 105 Å². The minimum absolute atomic E-state index is 0.144. The number of amides is 2. The summed E-state index contributed by atoms with van der Waals surface area (Å²) in [6.45, 7) is 4.58. The standard InChI is InChI=1S/C30H35FN4O2/c1-21(36)33-28-9-10-29(31)26(19-28)6-11-30(37)34-27-7-3-22(4-8-27)12-15-35-16-13-24-5-2-23(20-32)18-25(24)14-17-35/h2,5-6,9-11,18-19,22,27H,3-4,7-8,12-17H2,1H3,(H,33,36)(H,34,37)/b11-6+. The van der Waals surface area contributed by atoms with E-state index in [2.05, 4.69) is 27.7 Å². The Kier molecular flexibility index (Phi) is 9.08. The molecule has 1 fully saturated rings. The Labute approximate surface area is 218 Å². The SMILES string of the molecule is CC(=O)Nc1ccc(F)c(/C=C/C(=O)NC2CCC(CCN3CCc4ccc(C#N)cc4CC3)CC2)c1. The van der Waals surface area contributed by atoms with E-state index < -0.39 is 5.82 Å². The summed E-state index contributed by atoms with van der Waals surface area (Å²) in [6.07, 6.45) is 10.1. The number of nitriles is 1. The van der Waals surface area contributed by atoms with Crippen molar-refractivity contribution in [3.8, 4) is 6.07 Å². The minimum Gasteiger partial charge on any atom is -0.350 e. The second kappa shape index (κ2) is 12.6. The third-order valence-corrected chi connectivity index (χ3v) is 7.51. The van der Waals surface area contributed by atoms with Gasteiger partial charge in [-0.2, -0.15) is 5.26 Å². The topological polar surface area (TPSA) is 85.2 Å². The fourth-order valence-electron chi connectivity index (χ4n) is 5.39. The van der Waals surface area contributed by atoms with Crippen LogP contribution in [0.4, 0.5) is 10.1 Å². The zero-order chi connectivity index (χ0) is 26.2. The van der Waals surface area contributed by atoms with E-state index in [0.717, 1.165) is 63.7 Å². The van der Waals surface area contributed by atoms with Gasteiger partial charge in [0, 0.05) is 43.4 Å². The molecule has 0 bridgehead atoms. The molecule has 1 heterocycles. The van der Waals surface area contributed by atoms with E-state index in [0.29, 0.717) is 11.6 Å². The first-order valence-electron chi connectivity index (χ1n) is 13.2. The van der Waals surface area contributed by atoms with Gasteiger partial charge in [-0.3, -0.25) is 9.59 Å². The summed E-state index contributed by atoms with van der Waals surface area (Å²) in [5.74, 6) is -0.234. The maximum atomic E-state index is 14.1. The maximum absolute atomic E-state index is 14.1. The average Bonchev–Trinajstić information content (AvgIpc) is 3.10. The molecule has 0 spiro atoms. The molecule has 1 aliphatic heterocycles. The van der Waals surface area contributed by atoms with Gasteiger partial charge < -0.3 is 15.5 Å². The van der Waals surface area contributed by atoms with E-state index >= 15 is 0 Å². The molecule has 37 heavy (non-hydrogen) atoms. The molecule has 1 saturated carbocycles. The molecule has 0 unspecified atom stereocenters.